The van der Waals surface area contributed by atoms with E-state index in [1.54, 1.807) is 4.90 Å². The van der Waals surface area contributed by atoms with Crippen LogP contribution in [0, 0.1) is 0 Å². The van der Waals surface area contributed by atoms with Crippen molar-refractivity contribution in [2.75, 3.05) is 26.8 Å². The Morgan fingerprint density at radius 3 is 2.67 bits per heavy atom. The maximum absolute atomic E-state index is 12.5. The summed E-state index contributed by atoms with van der Waals surface area (Å²) in [7, 11) is 1.30. The first-order valence-electron chi connectivity index (χ1n) is 7.58. The third-order valence-electron chi connectivity index (χ3n) is 4.34. The Kier molecular flexibility index (Phi) is 5.09. The van der Waals surface area contributed by atoms with Crippen LogP contribution in [0.4, 0.5) is 4.79 Å². The van der Waals surface area contributed by atoms with Crippen molar-refractivity contribution in [1.82, 2.24) is 9.80 Å². The van der Waals surface area contributed by atoms with Gasteiger partial charge in [0.1, 0.15) is 11.5 Å². The summed E-state index contributed by atoms with van der Waals surface area (Å²) >= 11 is 4.78. The number of nitrogens with zero attached hydrogens (tertiary/aromatic N) is 2. The van der Waals surface area contributed by atoms with Gasteiger partial charge < -0.3 is 14.4 Å². The second kappa shape index (κ2) is 7.10. The first kappa shape index (κ1) is 17.2. The van der Waals surface area contributed by atoms with Gasteiger partial charge in [-0.2, -0.15) is 0 Å². The number of methoxy groups -OCH3 is 1. The fraction of sp³-hybridized carbons (Fsp3) is 0.533. The van der Waals surface area contributed by atoms with Gasteiger partial charge in [0, 0.05) is 23.6 Å². The highest BCUT2D eigenvalue weighted by Gasteiger charge is 2.44. The number of rotatable bonds is 3. The molecule has 2 aliphatic heterocycles. The molecule has 24 heavy (non-hydrogen) atoms. The minimum atomic E-state index is -0.693. The summed E-state index contributed by atoms with van der Waals surface area (Å²) in [4.78, 5) is 40.2. The fourth-order valence-electron chi connectivity index (χ4n) is 3.09. The van der Waals surface area contributed by atoms with Gasteiger partial charge in [0.15, 0.2) is 6.04 Å². The van der Waals surface area contributed by atoms with Crippen molar-refractivity contribution < 1.29 is 23.9 Å². The van der Waals surface area contributed by atoms with Gasteiger partial charge in [-0.05, 0) is 40.2 Å². The summed E-state index contributed by atoms with van der Waals surface area (Å²) in [5, 5.41) is 1.87. The third-order valence-corrected chi connectivity index (χ3v) is 6.17. The number of likely N-dealkylation sites (tertiary alicyclic amines) is 1. The highest BCUT2D eigenvalue weighted by atomic mass is 79.9. The average Bonchev–Trinajstić information content (AvgIpc) is 3.19. The number of piperidine rings is 1. The molecule has 0 N–H and O–H groups in total. The highest BCUT2D eigenvalue weighted by molar-refractivity contribution is 9.10. The van der Waals surface area contributed by atoms with Crippen LogP contribution in [0.1, 0.15) is 22.5 Å². The third kappa shape index (κ3) is 3.14. The molecule has 2 aliphatic rings. The normalized spacial score (nSPS) is 21.8. The molecule has 1 aromatic heterocycles. The van der Waals surface area contributed by atoms with Crippen LogP contribution in [0.15, 0.2) is 15.9 Å². The Bertz CT molecular complexity index is 656. The number of carbonyl (C=O) groups is 3. The minimum absolute atomic E-state index is 0.0103. The van der Waals surface area contributed by atoms with Crippen LogP contribution in [0.2, 0.25) is 0 Å². The van der Waals surface area contributed by atoms with E-state index in [9.17, 15) is 14.4 Å². The molecule has 2 amide bonds. The molecular weight excluding hydrogens is 400 g/mol. The smallest absolute Gasteiger partial charge is 0.410 e. The number of esters is 1. The predicted molar refractivity (Wildman–Crippen MR) is 89.9 cm³/mol. The molecule has 7 nitrogen and oxygen atoms in total. The van der Waals surface area contributed by atoms with Gasteiger partial charge in [-0.3, -0.25) is 9.69 Å². The summed E-state index contributed by atoms with van der Waals surface area (Å²) in [5.41, 5.74) is 0. The molecule has 0 saturated carbocycles. The van der Waals surface area contributed by atoms with Gasteiger partial charge >= 0.3 is 12.1 Å². The lowest BCUT2D eigenvalue weighted by atomic mass is 10.0. The Balaban J connectivity index is 1.64. The van der Waals surface area contributed by atoms with E-state index in [0.717, 1.165) is 4.47 Å². The van der Waals surface area contributed by atoms with E-state index in [4.69, 9.17) is 9.47 Å². The Hall–Kier alpha value is -1.61. The second-order valence-corrected chi connectivity index (χ2v) is 7.41. The lowest BCUT2D eigenvalue weighted by molar-refractivity contribution is -0.145. The number of ether oxygens (including phenoxy) is 2. The van der Waals surface area contributed by atoms with Crippen LogP contribution < -0.4 is 0 Å². The monoisotopic (exact) mass is 416 g/mol. The molecular formula is C15H17BrN2O5S. The van der Waals surface area contributed by atoms with Crippen molar-refractivity contribution in [1.29, 1.82) is 0 Å². The van der Waals surface area contributed by atoms with Crippen molar-refractivity contribution >= 4 is 45.2 Å². The fourth-order valence-corrected chi connectivity index (χ4v) is 4.60. The summed E-state index contributed by atoms with van der Waals surface area (Å²) in [6.07, 6.45) is 0.727. The molecule has 0 aromatic carbocycles. The first-order valence-corrected chi connectivity index (χ1v) is 9.25. The van der Waals surface area contributed by atoms with E-state index in [0.29, 0.717) is 30.8 Å². The zero-order chi connectivity index (χ0) is 17.3. The quantitative estimate of drug-likeness (QED) is 0.705. The molecule has 0 bridgehead atoms. The number of hydrogen-bond donors (Lipinski definition) is 0. The van der Waals surface area contributed by atoms with E-state index < -0.39 is 18.1 Å². The maximum atomic E-state index is 12.5. The number of amides is 2. The van der Waals surface area contributed by atoms with Gasteiger partial charge in [0.25, 0.3) is 5.91 Å². The molecule has 0 aliphatic carbocycles. The molecule has 1 unspecified atom stereocenters. The summed E-state index contributed by atoms with van der Waals surface area (Å²) in [5.74, 6) is -0.481. The molecule has 0 radical (unpaired) electrons. The topological polar surface area (TPSA) is 76.2 Å². The summed E-state index contributed by atoms with van der Waals surface area (Å²) in [6.45, 7) is 1.09. The molecule has 2 saturated heterocycles. The summed E-state index contributed by atoms with van der Waals surface area (Å²) < 4.78 is 10.5. The zero-order valence-corrected chi connectivity index (χ0v) is 15.5. The number of thiophene rings is 1. The highest BCUT2D eigenvalue weighted by Crippen LogP contribution is 2.28. The van der Waals surface area contributed by atoms with E-state index in [1.165, 1.54) is 23.3 Å². The number of hydrogen-bond acceptors (Lipinski definition) is 6. The first-order chi connectivity index (χ1) is 11.5. The van der Waals surface area contributed by atoms with Crippen LogP contribution in [-0.4, -0.2) is 66.7 Å². The Morgan fingerprint density at radius 1 is 1.38 bits per heavy atom. The molecule has 0 spiro atoms. The van der Waals surface area contributed by atoms with Gasteiger partial charge in [0.2, 0.25) is 0 Å². The molecule has 1 aromatic rings. The van der Waals surface area contributed by atoms with E-state index in [2.05, 4.69) is 15.9 Å². The van der Waals surface area contributed by atoms with Crippen molar-refractivity contribution in [2.24, 2.45) is 0 Å². The molecule has 3 rings (SSSR count). The van der Waals surface area contributed by atoms with Crippen molar-refractivity contribution in [3.8, 4) is 0 Å². The van der Waals surface area contributed by atoms with E-state index in [-0.39, 0.29) is 18.6 Å². The molecule has 9 heteroatoms. The Morgan fingerprint density at radius 2 is 2.08 bits per heavy atom. The average molecular weight is 417 g/mol. The molecule has 1 atom stereocenters. The largest absolute Gasteiger partial charge is 0.467 e. The van der Waals surface area contributed by atoms with Crippen molar-refractivity contribution in [2.45, 2.75) is 24.9 Å². The number of halogens is 1. The van der Waals surface area contributed by atoms with Crippen LogP contribution in [0.5, 0.6) is 0 Å². The van der Waals surface area contributed by atoms with Gasteiger partial charge in [-0.1, -0.05) is 0 Å². The zero-order valence-electron chi connectivity index (χ0n) is 13.1. The minimum Gasteiger partial charge on any atom is -0.467 e. The van der Waals surface area contributed by atoms with Crippen LogP contribution in [0.25, 0.3) is 0 Å². The van der Waals surface area contributed by atoms with E-state index >= 15 is 0 Å². The van der Waals surface area contributed by atoms with Gasteiger partial charge in [-0.15, -0.1) is 11.3 Å². The second-order valence-electron chi connectivity index (χ2n) is 5.64. The standard InChI is InChI=1S/C15H17BrN2O5S/c1-22-14(20)11-8-23-15(21)18(11)9-2-5-17(6-3-9)13(19)12-10(16)4-7-24-12/h4,7,9,11H,2-3,5-6,8H2,1H3. The molecule has 3 heterocycles. The Labute approximate surface area is 151 Å². The van der Waals surface area contributed by atoms with Crippen molar-refractivity contribution in [3.63, 3.8) is 0 Å². The van der Waals surface area contributed by atoms with Gasteiger partial charge in [0.05, 0.1) is 7.11 Å². The SMILES string of the molecule is COC(=O)C1COC(=O)N1C1CCN(C(=O)c2sccc2Br)CC1. The molecule has 2 fully saturated rings. The summed E-state index contributed by atoms with van der Waals surface area (Å²) in [6, 6.07) is 1.03. The van der Waals surface area contributed by atoms with E-state index in [1.807, 2.05) is 11.4 Å². The maximum Gasteiger partial charge on any atom is 0.410 e. The number of cyclic esters (lactones) is 1. The number of carbonyl (C=O) groups excluding carboxylic acids is 3. The van der Waals surface area contributed by atoms with Crippen LogP contribution >= 0.6 is 27.3 Å². The lowest BCUT2D eigenvalue weighted by Gasteiger charge is -2.37. The predicted octanol–water partition coefficient (Wildman–Crippen LogP) is 2.11. The lowest BCUT2D eigenvalue weighted by Crippen LogP contribution is -2.51. The molecule has 130 valence electrons. The van der Waals surface area contributed by atoms with Crippen LogP contribution in [0.3, 0.4) is 0 Å². The van der Waals surface area contributed by atoms with Crippen molar-refractivity contribution in [3.05, 3.63) is 20.8 Å². The van der Waals surface area contributed by atoms with Crippen LogP contribution in [-0.2, 0) is 14.3 Å². The van der Waals surface area contributed by atoms with Gasteiger partial charge in [-0.25, -0.2) is 9.59 Å².